The smallest absolute Gasteiger partial charge is 0.253 e. The first-order chi connectivity index (χ1) is 14.2. The van der Waals surface area contributed by atoms with Gasteiger partial charge in [-0.1, -0.05) is 12.1 Å². The number of aliphatic imine (C=N–C) groups is 1. The lowest BCUT2D eigenvalue weighted by atomic mass is 10.1. The zero-order valence-electron chi connectivity index (χ0n) is 18.4. The SMILES string of the molecule is CCNC(=NCc1ccc(C(=O)N2CCCCC2)cc1)N(C)CCOCC1CC1.I. The molecule has 0 aromatic heterocycles. The van der Waals surface area contributed by atoms with Gasteiger partial charge in [0, 0.05) is 45.4 Å². The van der Waals surface area contributed by atoms with Gasteiger partial charge in [0.2, 0.25) is 0 Å². The number of guanidine groups is 1. The van der Waals surface area contributed by atoms with Crippen LogP contribution < -0.4 is 5.32 Å². The Hall–Kier alpha value is -1.35. The zero-order valence-corrected chi connectivity index (χ0v) is 20.8. The Kier molecular flexibility index (Phi) is 10.9. The average Bonchev–Trinajstić information content (AvgIpc) is 3.59. The van der Waals surface area contributed by atoms with Gasteiger partial charge in [0.25, 0.3) is 5.91 Å². The van der Waals surface area contributed by atoms with Gasteiger partial charge in [-0.2, -0.15) is 0 Å². The fourth-order valence-corrected chi connectivity index (χ4v) is 3.51. The van der Waals surface area contributed by atoms with Crippen molar-refractivity contribution >= 4 is 35.8 Å². The first kappa shape index (κ1) is 24.9. The molecule has 1 saturated carbocycles. The number of rotatable bonds is 9. The molecule has 30 heavy (non-hydrogen) atoms. The number of likely N-dealkylation sites (tertiary alicyclic amines) is 1. The highest BCUT2D eigenvalue weighted by molar-refractivity contribution is 14.0. The second-order valence-electron chi connectivity index (χ2n) is 8.16. The number of carbonyl (C=O) groups is 1. The predicted molar refractivity (Wildman–Crippen MR) is 133 cm³/mol. The van der Waals surface area contributed by atoms with Crippen molar-refractivity contribution in [1.82, 2.24) is 15.1 Å². The van der Waals surface area contributed by atoms with Crippen molar-refractivity contribution in [1.29, 1.82) is 0 Å². The molecular weight excluding hydrogens is 491 g/mol. The van der Waals surface area contributed by atoms with Gasteiger partial charge in [0.05, 0.1) is 13.2 Å². The quantitative estimate of drug-likeness (QED) is 0.230. The van der Waals surface area contributed by atoms with Crippen molar-refractivity contribution in [3.63, 3.8) is 0 Å². The molecule has 0 bridgehead atoms. The zero-order chi connectivity index (χ0) is 20.5. The van der Waals surface area contributed by atoms with Crippen LogP contribution >= 0.6 is 24.0 Å². The summed E-state index contributed by atoms with van der Waals surface area (Å²) in [6.07, 6.45) is 6.11. The highest BCUT2D eigenvalue weighted by Crippen LogP contribution is 2.28. The number of benzene rings is 1. The topological polar surface area (TPSA) is 57.2 Å². The Bertz CT molecular complexity index is 670. The maximum atomic E-state index is 12.6. The molecule has 2 fully saturated rings. The number of nitrogens with zero attached hydrogens (tertiary/aromatic N) is 3. The maximum Gasteiger partial charge on any atom is 0.253 e. The molecule has 1 aromatic carbocycles. The number of hydrogen-bond acceptors (Lipinski definition) is 3. The molecule has 7 heteroatoms. The summed E-state index contributed by atoms with van der Waals surface area (Å²) in [6.45, 7) is 7.70. The summed E-state index contributed by atoms with van der Waals surface area (Å²) < 4.78 is 5.74. The monoisotopic (exact) mass is 528 g/mol. The Labute approximate surface area is 198 Å². The lowest BCUT2D eigenvalue weighted by Crippen LogP contribution is -2.40. The summed E-state index contributed by atoms with van der Waals surface area (Å²) in [4.78, 5) is 21.4. The largest absolute Gasteiger partial charge is 0.379 e. The van der Waals surface area contributed by atoms with Crippen LogP contribution in [0.25, 0.3) is 0 Å². The van der Waals surface area contributed by atoms with Gasteiger partial charge >= 0.3 is 0 Å². The molecule has 1 aliphatic heterocycles. The minimum atomic E-state index is 0. The van der Waals surface area contributed by atoms with Gasteiger partial charge in [0.1, 0.15) is 0 Å². The van der Waals surface area contributed by atoms with Crippen LogP contribution in [-0.2, 0) is 11.3 Å². The Morgan fingerprint density at radius 2 is 1.90 bits per heavy atom. The van der Waals surface area contributed by atoms with E-state index in [1.807, 2.05) is 36.2 Å². The first-order valence-electron chi connectivity index (χ1n) is 11.1. The molecule has 6 nitrogen and oxygen atoms in total. The third-order valence-electron chi connectivity index (χ3n) is 5.57. The lowest BCUT2D eigenvalue weighted by Gasteiger charge is -2.26. The Balaban J connectivity index is 0.00000320. The van der Waals surface area contributed by atoms with Crippen LogP contribution in [0.5, 0.6) is 0 Å². The van der Waals surface area contributed by atoms with E-state index < -0.39 is 0 Å². The standard InChI is InChI=1S/C23H36N4O2.HI/c1-3-24-23(26(2)15-16-29-18-20-7-8-20)25-17-19-9-11-21(12-10-19)22(28)27-13-5-4-6-14-27;/h9-12,20H,3-8,13-18H2,1-2H3,(H,24,25);1H. The van der Waals surface area contributed by atoms with Gasteiger partial charge in [-0.15, -0.1) is 24.0 Å². The molecule has 2 aliphatic rings. The van der Waals surface area contributed by atoms with Gasteiger partial charge < -0.3 is 19.9 Å². The van der Waals surface area contributed by atoms with E-state index in [0.29, 0.717) is 6.54 Å². The second kappa shape index (κ2) is 13.1. The van der Waals surface area contributed by atoms with E-state index in [0.717, 1.165) is 75.2 Å². The van der Waals surface area contributed by atoms with E-state index in [2.05, 4.69) is 17.1 Å². The normalized spacial score (nSPS) is 16.7. The molecule has 0 spiro atoms. The number of amides is 1. The van der Waals surface area contributed by atoms with Crippen molar-refractivity contribution in [3.8, 4) is 0 Å². The number of likely N-dealkylation sites (N-methyl/N-ethyl adjacent to an activating group) is 1. The van der Waals surface area contributed by atoms with Crippen molar-refractivity contribution in [2.75, 3.05) is 46.4 Å². The molecular formula is C23H37IN4O2. The lowest BCUT2D eigenvalue weighted by molar-refractivity contribution is 0.0724. The molecule has 1 N–H and O–H groups in total. The molecule has 168 valence electrons. The predicted octanol–water partition coefficient (Wildman–Crippen LogP) is 3.75. The van der Waals surface area contributed by atoms with Crippen LogP contribution in [0.2, 0.25) is 0 Å². The Morgan fingerprint density at radius 3 is 2.53 bits per heavy atom. The Morgan fingerprint density at radius 1 is 1.20 bits per heavy atom. The highest BCUT2D eigenvalue weighted by Gasteiger charge is 2.21. The molecule has 1 saturated heterocycles. The summed E-state index contributed by atoms with van der Waals surface area (Å²) in [6, 6.07) is 7.90. The third kappa shape index (κ3) is 8.06. The summed E-state index contributed by atoms with van der Waals surface area (Å²) in [5.74, 6) is 1.84. The van der Waals surface area contributed by atoms with Crippen LogP contribution in [-0.4, -0.2) is 68.1 Å². The van der Waals surface area contributed by atoms with Crippen LogP contribution in [0.4, 0.5) is 0 Å². The van der Waals surface area contributed by atoms with Crippen LogP contribution in [0.15, 0.2) is 29.3 Å². The number of ether oxygens (including phenoxy) is 1. The van der Waals surface area contributed by atoms with Crippen molar-refractivity contribution in [3.05, 3.63) is 35.4 Å². The van der Waals surface area contributed by atoms with Gasteiger partial charge in [-0.05, 0) is 62.6 Å². The summed E-state index contributed by atoms with van der Waals surface area (Å²) in [7, 11) is 2.04. The van der Waals surface area contributed by atoms with E-state index in [1.165, 1.54) is 19.3 Å². The van der Waals surface area contributed by atoms with E-state index in [4.69, 9.17) is 9.73 Å². The van der Waals surface area contributed by atoms with Crippen LogP contribution in [0.1, 0.15) is 54.9 Å². The van der Waals surface area contributed by atoms with Gasteiger partial charge in [0.15, 0.2) is 5.96 Å². The maximum absolute atomic E-state index is 12.6. The minimum Gasteiger partial charge on any atom is -0.379 e. The molecule has 0 radical (unpaired) electrons. The summed E-state index contributed by atoms with van der Waals surface area (Å²) >= 11 is 0. The number of piperidine rings is 1. The molecule has 0 unspecified atom stereocenters. The van der Waals surface area contributed by atoms with Crippen LogP contribution in [0, 0.1) is 5.92 Å². The fraction of sp³-hybridized carbons (Fsp3) is 0.652. The van der Waals surface area contributed by atoms with Crippen molar-refractivity contribution in [2.24, 2.45) is 10.9 Å². The molecule has 3 rings (SSSR count). The fourth-order valence-electron chi connectivity index (χ4n) is 3.51. The van der Waals surface area contributed by atoms with Crippen LogP contribution in [0.3, 0.4) is 0 Å². The van der Waals surface area contributed by atoms with E-state index in [-0.39, 0.29) is 29.9 Å². The van der Waals surface area contributed by atoms with E-state index in [9.17, 15) is 4.79 Å². The number of halogens is 1. The van der Waals surface area contributed by atoms with E-state index >= 15 is 0 Å². The molecule has 1 aromatic rings. The minimum absolute atomic E-state index is 0. The van der Waals surface area contributed by atoms with Gasteiger partial charge in [-0.3, -0.25) is 4.79 Å². The van der Waals surface area contributed by atoms with E-state index in [1.54, 1.807) is 0 Å². The van der Waals surface area contributed by atoms with Gasteiger partial charge in [-0.25, -0.2) is 4.99 Å². The molecule has 0 atom stereocenters. The van der Waals surface area contributed by atoms with Crippen molar-refractivity contribution < 1.29 is 9.53 Å². The molecule has 1 amide bonds. The molecule has 1 aliphatic carbocycles. The summed E-state index contributed by atoms with van der Waals surface area (Å²) in [5, 5.41) is 3.35. The third-order valence-corrected chi connectivity index (χ3v) is 5.57. The number of hydrogen-bond donors (Lipinski definition) is 1. The number of carbonyl (C=O) groups excluding carboxylic acids is 1. The molecule has 1 heterocycles. The average molecular weight is 528 g/mol. The van der Waals surface area contributed by atoms with Crippen molar-refractivity contribution in [2.45, 2.75) is 45.6 Å². The number of nitrogens with one attached hydrogen (secondary N) is 1. The first-order valence-corrected chi connectivity index (χ1v) is 11.1. The summed E-state index contributed by atoms with van der Waals surface area (Å²) in [5.41, 5.74) is 1.88. The highest BCUT2D eigenvalue weighted by atomic mass is 127. The second-order valence-corrected chi connectivity index (χ2v) is 8.16.